The van der Waals surface area contributed by atoms with Crippen LogP contribution >= 0.6 is 0 Å². The molecule has 3 rings (SSSR count). The Balaban J connectivity index is -0.000000988. The summed E-state index contributed by atoms with van der Waals surface area (Å²) in [6.45, 7) is -6.53. The van der Waals surface area contributed by atoms with E-state index < -0.39 is 216 Å². The van der Waals surface area contributed by atoms with Gasteiger partial charge in [0.15, 0.2) is 37.2 Å². The molecule has 0 radical (unpaired) electrons. The minimum absolute atomic E-state index is 0. The van der Waals surface area contributed by atoms with Crippen molar-refractivity contribution in [3.05, 3.63) is 0 Å². The Labute approximate surface area is 705 Å². The van der Waals surface area contributed by atoms with Gasteiger partial charge in [0.05, 0.1) is 19.8 Å². The second-order valence-corrected chi connectivity index (χ2v) is 23.6. The average molecular weight is 1540 g/mol. The normalized spacial score (nSPS) is 28.7. The van der Waals surface area contributed by atoms with Crippen LogP contribution in [-0.4, -0.2) is 249 Å². The maximum atomic E-state index is 12.4. The number of hydrogen-bond donors (Lipinski definition) is 0. The third-order valence-electron chi connectivity index (χ3n) is 8.32. The van der Waals surface area contributed by atoms with Crippen LogP contribution in [0.1, 0.15) is 0 Å². The van der Waals surface area contributed by atoms with Crippen LogP contribution in [0.5, 0.6) is 0 Å². The maximum absolute atomic E-state index is 12.4. The van der Waals surface area contributed by atoms with E-state index in [2.05, 4.69) is 41.8 Å². The first-order chi connectivity index (χ1) is 33.3. The summed E-state index contributed by atoms with van der Waals surface area (Å²) in [7, 11) is -64.6. The van der Waals surface area contributed by atoms with E-state index in [1.807, 2.05) is 0 Å². The van der Waals surface area contributed by atoms with Crippen molar-refractivity contribution in [3.8, 4) is 0 Å². The zero-order valence-electron chi connectivity index (χ0n) is 44.6. The Morgan fingerprint density at radius 1 is 0.259 bits per heavy atom. The van der Waals surface area contributed by atoms with E-state index in [0.717, 1.165) is 0 Å². The average Bonchev–Trinajstić information content (AvgIpc) is 3.14. The van der Waals surface area contributed by atoms with Gasteiger partial charge in [-0.1, -0.05) is 0 Å². The summed E-state index contributed by atoms with van der Waals surface area (Å²) in [5.41, 5.74) is 0. The SMILES string of the molecule is CO[C@H]1O[C@H](COS(=O)(=O)[O-])[C@@H](OS(=O)(=O)[O-])[C@H](O[C@H]2O[C@H](COS(=O)(=O)[O-])[C@@H](OS(=O)(=O)[O-])[C@H](O[C@H]3O[C@H](COS(=O)(=O)[O-])[C@@H](OS(=O)(=O)[O-])[C@H](OS(=O)(=O)[O-])[C@@H]3OS(=O)(=O)[O-])[C@@H]2OS(=O)(=O)[O-])[C@@H]1OS(=O)(=O)[O-].[Na+].[Na+].[Na+].[Na+].[Na+].[Na+].[Na+].[Na+].[Na+].[Na+]. The molecule has 0 aromatic rings. The van der Waals surface area contributed by atoms with Gasteiger partial charge in [-0.25, -0.2) is 84.2 Å². The van der Waals surface area contributed by atoms with E-state index in [1.54, 1.807) is 0 Å². The fourth-order valence-electron chi connectivity index (χ4n) is 6.24. The summed E-state index contributed by atoms with van der Waals surface area (Å²) in [6, 6.07) is 0. The van der Waals surface area contributed by atoms with Crippen molar-refractivity contribution < 1.29 is 496 Å². The van der Waals surface area contributed by atoms with Crippen molar-refractivity contribution in [1.82, 2.24) is 0 Å². The van der Waals surface area contributed by atoms with Crippen LogP contribution in [0.15, 0.2) is 0 Å². The molecule has 446 valence electrons. The first-order valence-electron chi connectivity index (χ1n) is 17.4. The van der Waals surface area contributed by atoms with Gasteiger partial charge >= 0.3 is 296 Å². The predicted octanol–water partition coefficient (Wildman–Crippen LogP) is -42.0. The van der Waals surface area contributed by atoms with Gasteiger partial charge in [-0.15, -0.1) is 0 Å². The van der Waals surface area contributed by atoms with Gasteiger partial charge in [-0.3, -0.25) is 41.8 Å². The van der Waals surface area contributed by atoms with E-state index in [1.165, 1.54) is 0 Å². The molecule has 85 heavy (non-hydrogen) atoms. The summed E-state index contributed by atoms with van der Waals surface area (Å²) in [5.74, 6) is 0. The Morgan fingerprint density at radius 3 is 0.647 bits per heavy atom. The molecule has 46 nitrogen and oxygen atoms in total. The fraction of sp³-hybridized carbons (Fsp3) is 1.00. The van der Waals surface area contributed by atoms with Crippen LogP contribution in [-0.2, 0) is 174 Å². The van der Waals surface area contributed by atoms with Gasteiger partial charge in [0.25, 0.3) is 0 Å². The monoisotopic (exact) mass is 1540 g/mol. The predicted molar refractivity (Wildman–Crippen MR) is 192 cm³/mol. The summed E-state index contributed by atoms with van der Waals surface area (Å²) in [5, 5.41) is 0. The summed E-state index contributed by atoms with van der Waals surface area (Å²) >= 11 is 0. The van der Waals surface area contributed by atoms with Crippen LogP contribution in [0.4, 0.5) is 0 Å². The van der Waals surface area contributed by atoms with Gasteiger partial charge in [0.1, 0.15) is 54.9 Å². The molecule has 3 heterocycles. The van der Waals surface area contributed by atoms with E-state index in [4.69, 9.17) is 28.4 Å². The van der Waals surface area contributed by atoms with Crippen molar-refractivity contribution in [2.45, 2.75) is 92.1 Å². The van der Waals surface area contributed by atoms with Gasteiger partial charge < -0.3 is 73.9 Å². The molecule has 0 bridgehead atoms. The Morgan fingerprint density at radius 2 is 0.435 bits per heavy atom. The molecule has 0 aliphatic carbocycles. The zero-order chi connectivity index (χ0) is 58.1. The third kappa shape index (κ3) is 43.8. The van der Waals surface area contributed by atoms with Crippen LogP contribution in [0.25, 0.3) is 0 Å². The largest absolute Gasteiger partial charge is 1.00 e. The molecular weight excluding hydrogens is 1510 g/mol. The zero-order valence-corrected chi connectivity index (χ0v) is 72.8. The van der Waals surface area contributed by atoms with Gasteiger partial charge in [0.2, 0.25) is 104 Å². The van der Waals surface area contributed by atoms with Crippen LogP contribution in [0.2, 0.25) is 0 Å². The van der Waals surface area contributed by atoms with Gasteiger partial charge in [-0.2, -0.15) is 0 Å². The van der Waals surface area contributed by atoms with E-state index in [-0.39, 0.29) is 296 Å². The van der Waals surface area contributed by atoms with Crippen molar-refractivity contribution in [2.24, 2.45) is 0 Å². The third-order valence-corrected chi connectivity index (χ3v) is 12.8. The quantitative estimate of drug-likeness (QED) is 0.0399. The minimum atomic E-state index is -6.85. The van der Waals surface area contributed by atoms with Crippen molar-refractivity contribution in [2.75, 3.05) is 26.9 Å². The van der Waals surface area contributed by atoms with E-state index in [0.29, 0.717) is 7.11 Å². The van der Waals surface area contributed by atoms with Crippen LogP contribution in [0.3, 0.4) is 0 Å². The van der Waals surface area contributed by atoms with Crippen LogP contribution < -0.4 is 296 Å². The van der Waals surface area contributed by atoms with Crippen molar-refractivity contribution in [3.63, 3.8) is 0 Å². The first-order valence-corrected chi connectivity index (χ1v) is 30.7. The molecule has 66 heteroatoms. The molecule has 0 saturated carbocycles. The molecule has 3 saturated heterocycles. The second-order valence-electron chi connectivity index (χ2n) is 13.4. The molecule has 3 aliphatic heterocycles. The molecule has 0 aromatic carbocycles. The van der Waals surface area contributed by atoms with Gasteiger partial charge in [0, 0.05) is 7.11 Å². The topological polar surface area (TPSA) is 720 Å². The Hall–Kier alpha value is 8.46. The molecule has 0 spiro atoms. The molecule has 0 aromatic heterocycles. The van der Waals surface area contributed by atoms with E-state index >= 15 is 0 Å². The molecule has 0 unspecified atom stereocenters. The molecule has 0 amide bonds. The molecule has 3 aliphatic rings. The van der Waals surface area contributed by atoms with Crippen LogP contribution in [0, 0.1) is 0 Å². The number of methoxy groups -OCH3 is 1. The molecule has 0 N–H and O–H groups in total. The maximum Gasteiger partial charge on any atom is 1.00 e. The minimum Gasteiger partial charge on any atom is -0.726 e. The van der Waals surface area contributed by atoms with E-state index in [9.17, 15) is 130 Å². The molecule has 3 fully saturated rings. The number of hydrogen-bond acceptors (Lipinski definition) is 46. The fourth-order valence-corrected chi connectivity index (χ4v) is 10.6. The Bertz CT molecular complexity index is 3200. The number of ether oxygens (including phenoxy) is 6. The first kappa shape index (κ1) is 109. The smallest absolute Gasteiger partial charge is 0.726 e. The Kier molecular flexibility index (Phi) is 56.7. The number of rotatable bonds is 28. The second kappa shape index (κ2) is 44.1. The summed E-state index contributed by atoms with van der Waals surface area (Å²) in [6.07, 6.45) is -52.2. The summed E-state index contributed by atoms with van der Waals surface area (Å²) in [4.78, 5) is 0. The standard InChI is InChI=1S/C19H34O46S10.10Na/c1-50-17-14(63-73(41,42)43)11(8(59-69(29,30)31)5(54-17)2-51-66(20,21)22)57-18-15(64-74(44,45)46)12(9(60-70(32,33)34)6(55-18)3-52-67(23,24)25)58-19-16(65-75(47,48)49)13(62-72(38,39)40)10(61-71(35,36)37)7(56-19)4-53-68(26,27)28;;;;;;;;;;/h5-19H,2-4H2,1H3,(H,20,21,22)(H,23,24,25)(H,26,27,28)(H,29,30,31)(H,32,33,34)(H,35,36,37)(H,38,39,40)(H,41,42,43)(H,44,45,46)(H,47,48,49);;;;;;;;;;/q;10*+1/p-10/t5-,6-,7-,8-,9-,10-,11+,12+,13+,14+,15+,16+,17+,18-,19-;;;;;;;;;;/m1........../s1. The molecular formula is C19H24Na10O46S10. The van der Waals surface area contributed by atoms with Gasteiger partial charge in [-0.05, 0) is 0 Å². The molecule has 15 atom stereocenters. The van der Waals surface area contributed by atoms with Crippen molar-refractivity contribution >= 4 is 104 Å². The van der Waals surface area contributed by atoms with Crippen molar-refractivity contribution in [1.29, 1.82) is 0 Å². The summed E-state index contributed by atoms with van der Waals surface area (Å²) < 4.78 is 425.